The van der Waals surface area contributed by atoms with Gasteiger partial charge in [0.05, 0.1) is 11.6 Å². The van der Waals surface area contributed by atoms with Gasteiger partial charge in [-0.05, 0) is 12.1 Å². The third-order valence-electron chi connectivity index (χ3n) is 3.32. The molecule has 1 aliphatic heterocycles. The summed E-state index contributed by atoms with van der Waals surface area (Å²) in [4.78, 5) is 28.8. The minimum Gasteiger partial charge on any atom is -0.443 e. The molecule has 0 spiro atoms. The fourth-order valence-electron chi connectivity index (χ4n) is 2.12. The van der Waals surface area contributed by atoms with Crippen LogP contribution in [0.3, 0.4) is 0 Å². The lowest BCUT2D eigenvalue weighted by molar-refractivity contribution is -0.139. The zero-order valence-corrected chi connectivity index (χ0v) is 10.4. The van der Waals surface area contributed by atoms with E-state index in [9.17, 15) is 9.59 Å². The molecule has 1 aliphatic rings. The molecule has 0 saturated carbocycles. The second-order valence-electron chi connectivity index (χ2n) is 4.61. The first kappa shape index (κ1) is 11.7. The molecule has 0 bridgehead atoms. The van der Waals surface area contributed by atoms with Gasteiger partial charge in [-0.2, -0.15) is 0 Å². The fraction of sp³-hybridized carbons (Fsp3) is 0.308. The number of nitrogens with zero attached hydrogens (tertiary/aromatic N) is 2. The van der Waals surface area contributed by atoms with Crippen LogP contribution in [0.4, 0.5) is 5.69 Å². The van der Waals surface area contributed by atoms with Crippen LogP contribution in [0.15, 0.2) is 29.0 Å². The molecule has 19 heavy (non-hydrogen) atoms. The summed E-state index contributed by atoms with van der Waals surface area (Å²) in [7, 11) is 0. The quantitative estimate of drug-likeness (QED) is 0.880. The highest BCUT2D eigenvalue weighted by Gasteiger charge is 2.34. The summed E-state index contributed by atoms with van der Waals surface area (Å²) in [6.45, 7) is 2.47. The number of rotatable bonds is 2. The Morgan fingerprint density at radius 2 is 2.21 bits per heavy atom. The molecule has 0 atom stereocenters. The third kappa shape index (κ3) is 2.05. The number of benzene rings is 1. The van der Waals surface area contributed by atoms with E-state index in [2.05, 4.69) is 10.3 Å². The number of carbonyl (C=O) groups is 2. The Kier molecular flexibility index (Phi) is 2.70. The average molecular weight is 259 g/mol. The third-order valence-corrected chi connectivity index (χ3v) is 3.32. The average Bonchev–Trinajstić information content (AvgIpc) is 2.75. The van der Waals surface area contributed by atoms with E-state index in [1.165, 1.54) is 13.3 Å². The van der Waals surface area contributed by atoms with Gasteiger partial charge >= 0.3 is 0 Å². The molecule has 2 amide bonds. The van der Waals surface area contributed by atoms with Crippen molar-refractivity contribution in [1.29, 1.82) is 0 Å². The van der Waals surface area contributed by atoms with Crippen LogP contribution in [0.5, 0.6) is 0 Å². The van der Waals surface area contributed by atoms with E-state index in [0.29, 0.717) is 29.9 Å². The Hall–Kier alpha value is -2.37. The van der Waals surface area contributed by atoms with Gasteiger partial charge in [0.2, 0.25) is 11.8 Å². The van der Waals surface area contributed by atoms with Crippen LogP contribution in [0.2, 0.25) is 0 Å². The molecule has 1 fully saturated rings. The standard InChI is InChI=1S/C13H13N3O3/c1-8(17)16-5-9(6-16)13(18)15-10-3-2-4-11-12(10)14-7-19-11/h2-4,7,9H,5-6H2,1H3,(H,15,18). The minimum absolute atomic E-state index is 0.00246. The zero-order chi connectivity index (χ0) is 13.4. The largest absolute Gasteiger partial charge is 0.443 e. The summed E-state index contributed by atoms with van der Waals surface area (Å²) in [6.07, 6.45) is 1.35. The number of aromatic nitrogens is 1. The van der Waals surface area contributed by atoms with Crippen molar-refractivity contribution in [2.75, 3.05) is 18.4 Å². The molecule has 3 rings (SSSR count). The predicted octanol–water partition coefficient (Wildman–Crippen LogP) is 1.24. The number of para-hydroxylation sites is 1. The number of hydrogen-bond donors (Lipinski definition) is 1. The maximum absolute atomic E-state index is 12.0. The summed E-state index contributed by atoms with van der Waals surface area (Å²) in [5.74, 6) is -0.235. The van der Waals surface area contributed by atoms with Gasteiger partial charge in [-0.3, -0.25) is 9.59 Å². The van der Waals surface area contributed by atoms with Gasteiger partial charge in [0.1, 0.15) is 5.52 Å². The number of anilines is 1. The Balaban J connectivity index is 1.70. The van der Waals surface area contributed by atoms with Crippen molar-refractivity contribution >= 4 is 28.6 Å². The summed E-state index contributed by atoms with van der Waals surface area (Å²) in [5.41, 5.74) is 1.91. The van der Waals surface area contributed by atoms with Crippen LogP contribution in [0.1, 0.15) is 6.92 Å². The predicted molar refractivity (Wildman–Crippen MR) is 68.4 cm³/mol. The van der Waals surface area contributed by atoms with Crippen LogP contribution < -0.4 is 5.32 Å². The Labute approximate surface area is 109 Å². The second kappa shape index (κ2) is 4.38. The Bertz CT molecular complexity index is 643. The van der Waals surface area contributed by atoms with Gasteiger partial charge in [-0.25, -0.2) is 4.98 Å². The first-order chi connectivity index (χ1) is 9.15. The van der Waals surface area contributed by atoms with Crippen molar-refractivity contribution in [3.63, 3.8) is 0 Å². The van der Waals surface area contributed by atoms with Gasteiger partial charge in [0.25, 0.3) is 0 Å². The van der Waals surface area contributed by atoms with Crippen molar-refractivity contribution in [1.82, 2.24) is 9.88 Å². The van der Waals surface area contributed by atoms with Crippen molar-refractivity contribution in [2.45, 2.75) is 6.92 Å². The smallest absolute Gasteiger partial charge is 0.231 e. The number of nitrogens with one attached hydrogen (secondary N) is 1. The highest BCUT2D eigenvalue weighted by Crippen LogP contribution is 2.23. The number of oxazole rings is 1. The maximum atomic E-state index is 12.0. The van der Waals surface area contributed by atoms with Crippen molar-refractivity contribution < 1.29 is 14.0 Å². The molecule has 6 heteroatoms. The van der Waals surface area contributed by atoms with Crippen LogP contribution in [-0.4, -0.2) is 34.8 Å². The number of carbonyl (C=O) groups excluding carboxylic acids is 2. The Morgan fingerprint density at radius 1 is 1.42 bits per heavy atom. The maximum Gasteiger partial charge on any atom is 0.231 e. The number of fused-ring (bicyclic) bond motifs is 1. The molecule has 0 unspecified atom stereocenters. The van der Waals surface area contributed by atoms with Gasteiger partial charge in [-0.15, -0.1) is 0 Å². The molecule has 2 heterocycles. The molecule has 1 N–H and O–H groups in total. The molecule has 0 radical (unpaired) electrons. The molecule has 1 aromatic heterocycles. The van der Waals surface area contributed by atoms with Crippen LogP contribution >= 0.6 is 0 Å². The monoisotopic (exact) mass is 259 g/mol. The van der Waals surface area contributed by atoms with Gasteiger partial charge in [-0.1, -0.05) is 6.07 Å². The minimum atomic E-state index is -0.147. The van der Waals surface area contributed by atoms with Crippen LogP contribution in [-0.2, 0) is 9.59 Å². The topological polar surface area (TPSA) is 75.4 Å². The molecule has 98 valence electrons. The van der Waals surface area contributed by atoms with E-state index in [4.69, 9.17) is 4.42 Å². The molecular formula is C13H13N3O3. The molecule has 1 saturated heterocycles. The first-order valence-corrected chi connectivity index (χ1v) is 6.04. The van der Waals surface area contributed by atoms with Crippen molar-refractivity contribution in [3.8, 4) is 0 Å². The molecule has 2 aromatic rings. The van der Waals surface area contributed by atoms with E-state index < -0.39 is 0 Å². The van der Waals surface area contributed by atoms with Crippen molar-refractivity contribution in [3.05, 3.63) is 24.6 Å². The SMILES string of the molecule is CC(=O)N1CC(C(=O)Nc2cccc3ocnc23)C1. The number of likely N-dealkylation sites (tertiary alicyclic amines) is 1. The molecule has 6 nitrogen and oxygen atoms in total. The molecule has 1 aromatic carbocycles. The normalized spacial score (nSPS) is 15.3. The molecule has 0 aliphatic carbocycles. The summed E-state index contributed by atoms with van der Waals surface area (Å²) in [6, 6.07) is 5.37. The summed E-state index contributed by atoms with van der Waals surface area (Å²) < 4.78 is 5.17. The molecular weight excluding hydrogens is 246 g/mol. The van der Waals surface area contributed by atoms with Crippen LogP contribution in [0, 0.1) is 5.92 Å². The van der Waals surface area contributed by atoms with Gasteiger partial charge < -0.3 is 14.6 Å². The fourth-order valence-corrected chi connectivity index (χ4v) is 2.12. The number of hydrogen-bond acceptors (Lipinski definition) is 4. The van der Waals surface area contributed by atoms with E-state index in [1.54, 1.807) is 23.1 Å². The lowest BCUT2D eigenvalue weighted by Gasteiger charge is -2.37. The second-order valence-corrected chi connectivity index (χ2v) is 4.61. The highest BCUT2D eigenvalue weighted by molar-refractivity contribution is 6.00. The number of amides is 2. The lowest BCUT2D eigenvalue weighted by Crippen LogP contribution is -2.53. The summed E-state index contributed by atoms with van der Waals surface area (Å²) >= 11 is 0. The Morgan fingerprint density at radius 3 is 2.95 bits per heavy atom. The lowest BCUT2D eigenvalue weighted by atomic mass is 9.99. The first-order valence-electron chi connectivity index (χ1n) is 6.04. The zero-order valence-electron chi connectivity index (χ0n) is 10.4. The van der Waals surface area contributed by atoms with E-state index in [-0.39, 0.29) is 17.7 Å². The van der Waals surface area contributed by atoms with E-state index >= 15 is 0 Å². The highest BCUT2D eigenvalue weighted by atomic mass is 16.3. The summed E-state index contributed by atoms with van der Waals surface area (Å²) in [5, 5.41) is 2.83. The van der Waals surface area contributed by atoms with Crippen LogP contribution in [0.25, 0.3) is 11.1 Å². The van der Waals surface area contributed by atoms with Gasteiger partial charge in [0.15, 0.2) is 12.0 Å². The van der Waals surface area contributed by atoms with E-state index in [1.807, 2.05) is 0 Å². The van der Waals surface area contributed by atoms with E-state index in [0.717, 1.165) is 0 Å². The van der Waals surface area contributed by atoms with Crippen molar-refractivity contribution in [2.24, 2.45) is 5.92 Å². The van der Waals surface area contributed by atoms with Gasteiger partial charge in [0, 0.05) is 20.0 Å².